The van der Waals surface area contributed by atoms with E-state index in [1.54, 1.807) is 11.8 Å². The number of hydrogen-bond donors (Lipinski definition) is 2. The topological polar surface area (TPSA) is 73.0 Å². The summed E-state index contributed by atoms with van der Waals surface area (Å²) in [6, 6.07) is 17.2. The van der Waals surface area contributed by atoms with Gasteiger partial charge in [-0.1, -0.05) is 36.4 Å². The average Bonchev–Trinajstić information content (AvgIpc) is 2.72. The molecule has 3 aromatic rings. The van der Waals surface area contributed by atoms with Crippen molar-refractivity contribution in [1.29, 1.82) is 0 Å². The van der Waals surface area contributed by atoms with Crippen LogP contribution in [0.2, 0.25) is 0 Å². The molecule has 1 heterocycles. The third kappa shape index (κ3) is 4.43. The van der Waals surface area contributed by atoms with Crippen LogP contribution in [0.4, 0.5) is 5.69 Å². The molecule has 0 radical (unpaired) electrons. The Hall–Kier alpha value is -2.63. The van der Waals surface area contributed by atoms with Crippen molar-refractivity contribution in [1.82, 2.24) is 0 Å². The quantitative estimate of drug-likeness (QED) is 0.365. The number of aryl methyl sites for hydroxylation is 1. The van der Waals surface area contributed by atoms with Crippen molar-refractivity contribution in [3.63, 3.8) is 0 Å². The summed E-state index contributed by atoms with van der Waals surface area (Å²) < 4.78 is 1.94. The molecule has 0 fully saturated rings. The fraction of sp³-hybridized carbons (Fsp3) is 0.217. The Balaban J connectivity index is 2.05. The molecule has 28 heavy (non-hydrogen) atoms. The number of thioether (sulfide) groups is 1. The highest BCUT2D eigenvalue weighted by molar-refractivity contribution is 7.98. The molecule has 144 valence electrons. The Bertz CT molecular complexity index is 1010. The summed E-state index contributed by atoms with van der Waals surface area (Å²) in [5.41, 5.74) is 16.3. The third-order valence-corrected chi connectivity index (χ3v) is 5.49. The number of carbonyl (C=O) groups is 1. The largest absolute Gasteiger partial charge is 0.399 e. The first kappa shape index (κ1) is 20.1. The number of benzene rings is 2. The van der Waals surface area contributed by atoms with Gasteiger partial charge in [0.1, 0.15) is 7.05 Å². The van der Waals surface area contributed by atoms with Crippen LogP contribution in [0.15, 0.2) is 54.6 Å². The molecule has 1 aromatic heterocycles. The van der Waals surface area contributed by atoms with Gasteiger partial charge in [0.2, 0.25) is 11.3 Å². The molecule has 3 rings (SSSR count). The van der Waals surface area contributed by atoms with Crippen LogP contribution in [0.3, 0.4) is 0 Å². The van der Waals surface area contributed by atoms with Gasteiger partial charge in [0.15, 0.2) is 0 Å². The van der Waals surface area contributed by atoms with E-state index in [-0.39, 0.29) is 5.78 Å². The molecule has 0 saturated carbocycles. The van der Waals surface area contributed by atoms with Gasteiger partial charge in [0, 0.05) is 17.8 Å². The van der Waals surface area contributed by atoms with Crippen molar-refractivity contribution in [3.8, 4) is 0 Å². The number of nitrogens with two attached hydrogens (primary N) is 2. The highest BCUT2D eigenvalue weighted by Gasteiger charge is 2.26. The van der Waals surface area contributed by atoms with Gasteiger partial charge in [0.05, 0.1) is 11.4 Å². The van der Waals surface area contributed by atoms with Gasteiger partial charge in [0.25, 0.3) is 5.69 Å². The van der Waals surface area contributed by atoms with Gasteiger partial charge in [-0.3, -0.25) is 4.79 Å². The number of pyridine rings is 1. The van der Waals surface area contributed by atoms with E-state index >= 15 is 0 Å². The summed E-state index contributed by atoms with van der Waals surface area (Å²) in [6.07, 6.45) is 6.76. The summed E-state index contributed by atoms with van der Waals surface area (Å²) in [5, 5.41) is 1.09. The normalized spacial score (nSPS) is 12.5. The fourth-order valence-electron chi connectivity index (χ4n) is 3.20. The molecule has 0 aliphatic carbocycles. The average molecular weight is 393 g/mol. The number of aromatic nitrogens is 1. The van der Waals surface area contributed by atoms with E-state index in [4.69, 9.17) is 11.5 Å². The highest BCUT2D eigenvalue weighted by Crippen LogP contribution is 2.21. The van der Waals surface area contributed by atoms with E-state index in [1.165, 1.54) is 0 Å². The number of fused-ring (bicyclic) bond motifs is 1. The first-order valence-corrected chi connectivity index (χ1v) is 10.6. The third-order valence-electron chi connectivity index (χ3n) is 4.84. The number of hydrogen-bond acceptors (Lipinski definition) is 4. The zero-order valence-electron chi connectivity index (χ0n) is 16.3. The SMILES string of the molecule is CSCCC(N)C(=O)c1cc(C=Cc2ccc(N)cc2)c2ccccc2[n+]1C. The molecule has 0 amide bonds. The van der Waals surface area contributed by atoms with E-state index in [0.717, 1.165) is 33.5 Å². The van der Waals surface area contributed by atoms with Gasteiger partial charge in [-0.25, -0.2) is 0 Å². The number of para-hydroxylation sites is 1. The standard InChI is InChI=1S/C23H25N3OS/c1-26-21-6-4-3-5-19(21)17(10-7-16-8-11-18(24)12-9-16)15-22(26)23(27)20(25)13-14-28-2/h3-12,15,20,24H,13-14,25H2,1-2H3/p+1. The smallest absolute Gasteiger partial charge is 0.251 e. The Labute approximate surface area is 170 Å². The first-order chi connectivity index (χ1) is 13.5. The minimum atomic E-state index is -0.492. The second-order valence-corrected chi connectivity index (χ2v) is 7.80. The maximum Gasteiger partial charge on any atom is 0.251 e. The van der Waals surface area contributed by atoms with Gasteiger partial charge >= 0.3 is 0 Å². The van der Waals surface area contributed by atoms with Crippen molar-refractivity contribution in [3.05, 3.63) is 71.4 Å². The second-order valence-electron chi connectivity index (χ2n) is 6.81. The Morgan fingerprint density at radius 2 is 1.86 bits per heavy atom. The molecule has 0 bridgehead atoms. The van der Waals surface area contributed by atoms with Crippen LogP contribution in [0.1, 0.15) is 28.0 Å². The monoisotopic (exact) mass is 392 g/mol. The van der Waals surface area contributed by atoms with E-state index in [1.807, 2.05) is 78.6 Å². The van der Waals surface area contributed by atoms with E-state index in [9.17, 15) is 4.79 Å². The summed E-state index contributed by atoms with van der Waals surface area (Å²) in [6.45, 7) is 0. The van der Waals surface area contributed by atoms with Gasteiger partial charge in [-0.15, -0.1) is 0 Å². The van der Waals surface area contributed by atoms with Crippen LogP contribution in [-0.2, 0) is 7.05 Å². The minimum Gasteiger partial charge on any atom is -0.399 e. The highest BCUT2D eigenvalue weighted by atomic mass is 32.2. The minimum absolute atomic E-state index is 0.0237. The number of Topliss-reactive ketones (excluding diaryl/α,β-unsaturated/α-hetero) is 1. The van der Waals surface area contributed by atoms with E-state index < -0.39 is 6.04 Å². The molecule has 0 aliphatic heterocycles. The summed E-state index contributed by atoms with van der Waals surface area (Å²) in [4.78, 5) is 13.0. The maximum atomic E-state index is 13.0. The van der Waals surface area contributed by atoms with Crippen molar-refractivity contribution >= 4 is 46.3 Å². The maximum absolute atomic E-state index is 13.0. The molecule has 4 nitrogen and oxygen atoms in total. The van der Waals surface area contributed by atoms with Gasteiger partial charge < -0.3 is 11.5 Å². The first-order valence-electron chi connectivity index (χ1n) is 9.25. The second kappa shape index (κ2) is 9.04. The molecule has 5 heteroatoms. The number of carbonyl (C=O) groups excluding carboxylic acids is 1. The lowest BCUT2D eigenvalue weighted by atomic mass is 10.0. The molecule has 4 N–H and O–H groups in total. The zero-order valence-corrected chi connectivity index (χ0v) is 17.1. The molecule has 1 unspecified atom stereocenters. The number of nitrogens with zero attached hydrogens (tertiary/aromatic N) is 1. The number of anilines is 1. The molecular formula is C23H26N3OS+. The Kier molecular flexibility index (Phi) is 6.49. The van der Waals surface area contributed by atoms with Crippen LogP contribution in [0.25, 0.3) is 23.1 Å². The summed E-state index contributed by atoms with van der Waals surface area (Å²) in [5.74, 6) is 0.845. The molecule has 0 aliphatic rings. The number of rotatable bonds is 7. The predicted octanol–water partition coefficient (Wildman–Crippen LogP) is 3.68. The van der Waals surface area contributed by atoms with Crippen molar-refractivity contribution < 1.29 is 9.36 Å². The van der Waals surface area contributed by atoms with Crippen molar-refractivity contribution in [2.75, 3.05) is 17.7 Å². The van der Waals surface area contributed by atoms with Crippen LogP contribution >= 0.6 is 11.8 Å². The van der Waals surface area contributed by atoms with Gasteiger partial charge in [-0.2, -0.15) is 16.3 Å². The molecule has 0 spiro atoms. The van der Waals surface area contributed by atoms with Gasteiger partial charge in [-0.05, 0) is 47.8 Å². The van der Waals surface area contributed by atoms with Crippen LogP contribution < -0.4 is 16.0 Å². The zero-order chi connectivity index (χ0) is 20.1. The molecule has 2 aromatic carbocycles. The number of nitrogen functional groups attached to an aromatic ring is 1. The van der Waals surface area contributed by atoms with Crippen LogP contribution in [0, 0.1) is 0 Å². The fourth-order valence-corrected chi connectivity index (χ4v) is 3.68. The summed E-state index contributed by atoms with van der Waals surface area (Å²) in [7, 11) is 1.92. The summed E-state index contributed by atoms with van der Waals surface area (Å²) >= 11 is 1.70. The Morgan fingerprint density at radius 3 is 2.57 bits per heavy atom. The number of ketones is 1. The Morgan fingerprint density at radius 1 is 1.14 bits per heavy atom. The van der Waals surface area contributed by atoms with Crippen LogP contribution in [-0.4, -0.2) is 23.8 Å². The molecular weight excluding hydrogens is 366 g/mol. The van der Waals surface area contributed by atoms with Crippen LogP contribution in [0.5, 0.6) is 0 Å². The lowest BCUT2D eigenvalue weighted by molar-refractivity contribution is -0.647. The van der Waals surface area contributed by atoms with Crippen molar-refractivity contribution in [2.45, 2.75) is 12.5 Å². The molecule has 0 saturated heterocycles. The van der Waals surface area contributed by atoms with E-state index in [2.05, 4.69) is 6.07 Å². The molecule has 1 atom stereocenters. The van der Waals surface area contributed by atoms with E-state index in [0.29, 0.717) is 12.1 Å². The lowest BCUT2D eigenvalue weighted by Gasteiger charge is -2.11. The predicted molar refractivity (Wildman–Crippen MR) is 120 cm³/mol. The lowest BCUT2D eigenvalue weighted by Crippen LogP contribution is -2.43. The van der Waals surface area contributed by atoms with Crippen molar-refractivity contribution in [2.24, 2.45) is 12.8 Å².